The highest BCUT2D eigenvalue weighted by Gasteiger charge is 2.26. The zero-order chi connectivity index (χ0) is 23.7. The molecule has 0 aliphatic heterocycles. The van der Waals surface area contributed by atoms with Crippen molar-refractivity contribution in [2.24, 2.45) is 0 Å². The molecule has 34 heavy (non-hydrogen) atoms. The first kappa shape index (κ1) is 21.5. The van der Waals surface area contributed by atoms with Gasteiger partial charge in [0.2, 0.25) is 0 Å². The van der Waals surface area contributed by atoms with Crippen LogP contribution in [-0.2, 0) is 4.74 Å². The molecule has 0 radical (unpaired) electrons. The highest BCUT2D eigenvalue weighted by Crippen LogP contribution is 2.41. The van der Waals surface area contributed by atoms with Crippen molar-refractivity contribution in [2.45, 2.75) is 13.8 Å². The maximum Gasteiger partial charge on any atom is 0.343 e. The molecule has 1 aromatic heterocycles. The number of carbonyl (C=O) groups is 2. The summed E-state index contributed by atoms with van der Waals surface area (Å²) in [6, 6.07) is 25.8. The molecule has 168 valence electrons. The second-order valence-corrected chi connectivity index (χ2v) is 7.95. The molecule has 5 aromatic rings. The summed E-state index contributed by atoms with van der Waals surface area (Å²) in [6.07, 6.45) is 0. The lowest BCUT2D eigenvalue weighted by molar-refractivity contribution is 0.0528. The number of rotatable bonds is 5. The Balaban J connectivity index is 1.74. The van der Waals surface area contributed by atoms with Gasteiger partial charge in [0.05, 0.1) is 12.2 Å². The molecule has 0 bridgehead atoms. The molecule has 0 saturated carbocycles. The van der Waals surface area contributed by atoms with Gasteiger partial charge in [-0.2, -0.15) is 0 Å². The summed E-state index contributed by atoms with van der Waals surface area (Å²) in [5.74, 6) is -0.203. The Morgan fingerprint density at radius 2 is 1.53 bits per heavy atom. The lowest BCUT2D eigenvalue weighted by Crippen LogP contribution is -2.09. The Morgan fingerprint density at radius 1 is 0.794 bits per heavy atom. The Kier molecular flexibility index (Phi) is 5.60. The van der Waals surface area contributed by atoms with Crippen molar-refractivity contribution < 1.29 is 23.5 Å². The Morgan fingerprint density at radius 3 is 2.26 bits per heavy atom. The van der Waals surface area contributed by atoms with Gasteiger partial charge in [0, 0.05) is 21.7 Å². The van der Waals surface area contributed by atoms with E-state index in [9.17, 15) is 9.59 Å². The van der Waals surface area contributed by atoms with Crippen molar-refractivity contribution in [2.75, 3.05) is 6.61 Å². The molecule has 4 aromatic carbocycles. The minimum atomic E-state index is -0.494. The Hall–Kier alpha value is -4.38. The van der Waals surface area contributed by atoms with Gasteiger partial charge in [-0.3, -0.25) is 0 Å². The monoisotopic (exact) mass is 450 g/mol. The van der Waals surface area contributed by atoms with Crippen molar-refractivity contribution in [3.8, 4) is 17.1 Å². The zero-order valence-corrected chi connectivity index (χ0v) is 18.8. The molecule has 0 fully saturated rings. The highest BCUT2D eigenvalue weighted by atomic mass is 16.5. The second kappa shape index (κ2) is 8.87. The molecule has 0 aliphatic rings. The molecule has 0 atom stereocenters. The van der Waals surface area contributed by atoms with Gasteiger partial charge < -0.3 is 13.9 Å². The number of benzene rings is 4. The van der Waals surface area contributed by atoms with Gasteiger partial charge in [0.15, 0.2) is 0 Å². The third-order valence-corrected chi connectivity index (χ3v) is 5.63. The first-order valence-electron chi connectivity index (χ1n) is 11.1. The fraction of sp³-hybridized carbons (Fsp3) is 0.103. The summed E-state index contributed by atoms with van der Waals surface area (Å²) in [5, 5.41) is 1.97. The maximum atomic E-state index is 13.1. The van der Waals surface area contributed by atoms with Crippen LogP contribution < -0.4 is 4.74 Å². The topological polar surface area (TPSA) is 65.7 Å². The number of hydrogen-bond donors (Lipinski definition) is 0. The standard InChI is InChI=1S/C29H22O5/c1-3-32-29(31)25-23-17-24(33-28(30)20-13-9-10-18(2)16-20)21-14-7-8-15-22(21)27(23)34-26(25)19-11-5-4-6-12-19/h4-17H,3H2,1-2H3. The fourth-order valence-corrected chi connectivity index (χ4v) is 4.10. The van der Waals surface area contributed by atoms with Gasteiger partial charge in [-0.1, -0.05) is 72.3 Å². The molecular formula is C29H22O5. The summed E-state index contributed by atoms with van der Waals surface area (Å²) in [6.45, 7) is 3.90. The normalized spacial score (nSPS) is 11.0. The summed E-state index contributed by atoms with van der Waals surface area (Å²) in [7, 11) is 0. The van der Waals surface area contributed by atoms with Crippen LogP contribution in [0.15, 0.2) is 89.3 Å². The number of hydrogen-bond acceptors (Lipinski definition) is 5. The largest absolute Gasteiger partial charge is 0.462 e. The molecule has 0 spiro atoms. The third kappa shape index (κ3) is 3.82. The molecule has 5 heteroatoms. The zero-order valence-electron chi connectivity index (χ0n) is 18.8. The van der Waals surface area contributed by atoms with Gasteiger partial charge in [0.25, 0.3) is 0 Å². The number of fused-ring (bicyclic) bond motifs is 3. The lowest BCUT2D eigenvalue weighted by Gasteiger charge is -2.09. The highest BCUT2D eigenvalue weighted by molar-refractivity contribution is 6.17. The van der Waals surface area contributed by atoms with Crippen molar-refractivity contribution in [1.29, 1.82) is 0 Å². The van der Waals surface area contributed by atoms with E-state index in [-0.39, 0.29) is 6.61 Å². The lowest BCUT2D eigenvalue weighted by atomic mass is 10.0. The van der Waals surface area contributed by atoms with E-state index in [4.69, 9.17) is 13.9 Å². The van der Waals surface area contributed by atoms with E-state index in [1.54, 1.807) is 25.1 Å². The van der Waals surface area contributed by atoms with Crippen LogP contribution in [-0.4, -0.2) is 18.5 Å². The average Bonchev–Trinajstić information content (AvgIpc) is 3.24. The SMILES string of the molecule is CCOC(=O)c1c(-c2ccccc2)oc2c1cc(OC(=O)c1cccc(C)c1)c1ccccc12. The summed E-state index contributed by atoms with van der Waals surface area (Å²) < 4.78 is 17.5. The van der Waals surface area contributed by atoms with Gasteiger partial charge >= 0.3 is 11.9 Å². The van der Waals surface area contributed by atoms with Crippen molar-refractivity contribution in [3.63, 3.8) is 0 Å². The van der Waals surface area contributed by atoms with E-state index in [2.05, 4.69) is 0 Å². The van der Waals surface area contributed by atoms with Crippen LogP contribution in [0.5, 0.6) is 5.75 Å². The predicted octanol–water partition coefficient (Wildman–Crippen LogP) is 6.96. The Labute approximate surface area is 196 Å². The number of aryl methyl sites for hydroxylation is 1. The molecule has 0 aliphatic carbocycles. The second-order valence-electron chi connectivity index (χ2n) is 7.95. The quantitative estimate of drug-likeness (QED) is 0.214. The average molecular weight is 450 g/mol. The fourth-order valence-electron chi connectivity index (χ4n) is 4.10. The van der Waals surface area contributed by atoms with Crippen LogP contribution in [0.2, 0.25) is 0 Å². The minimum Gasteiger partial charge on any atom is -0.462 e. The smallest absolute Gasteiger partial charge is 0.343 e. The molecule has 0 saturated heterocycles. The first-order chi connectivity index (χ1) is 16.6. The minimum absolute atomic E-state index is 0.225. The number of ether oxygens (including phenoxy) is 2. The van der Waals surface area contributed by atoms with Crippen LogP contribution in [0.4, 0.5) is 0 Å². The summed E-state index contributed by atoms with van der Waals surface area (Å²) in [5.41, 5.74) is 3.01. The third-order valence-electron chi connectivity index (χ3n) is 5.63. The van der Waals surface area contributed by atoms with Crippen LogP contribution in [0.1, 0.15) is 33.2 Å². The molecular weight excluding hydrogens is 428 g/mol. The van der Waals surface area contributed by atoms with Crippen LogP contribution >= 0.6 is 0 Å². The molecule has 0 amide bonds. The van der Waals surface area contributed by atoms with E-state index in [0.29, 0.717) is 39.0 Å². The summed E-state index contributed by atoms with van der Waals surface area (Å²) >= 11 is 0. The summed E-state index contributed by atoms with van der Waals surface area (Å²) in [4.78, 5) is 26.0. The van der Waals surface area contributed by atoms with E-state index in [1.807, 2.05) is 73.7 Å². The molecule has 5 rings (SSSR count). The van der Waals surface area contributed by atoms with Gasteiger partial charge in [-0.25, -0.2) is 9.59 Å². The van der Waals surface area contributed by atoms with Gasteiger partial charge in [-0.05, 0) is 32.0 Å². The van der Waals surface area contributed by atoms with Gasteiger partial charge in [-0.15, -0.1) is 0 Å². The number of furan rings is 1. The Bertz CT molecular complexity index is 1530. The number of esters is 2. The molecule has 0 N–H and O–H groups in total. The molecule has 5 nitrogen and oxygen atoms in total. The van der Waals surface area contributed by atoms with E-state index in [1.165, 1.54) is 0 Å². The van der Waals surface area contributed by atoms with Gasteiger partial charge in [0.1, 0.15) is 22.7 Å². The molecule has 0 unspecified atom stereocenters. The van der Waals surface area contributed by atoms with Crippen molar-refractivity contribution >= 4 is 33.7 Å². The van der Waals surface area contributed by atoms with E-state index < -0.39 is 11.9 Å². The van der Waals surface area contributed by atoms with Crippen LogP contribution in [0.25, 0.3) is 33.1 Å². The van der Waals surface area contributed by atoms with E-state index >= 15 is 0 Å². The van der Waals surface area contributed by atoms with Crippen LogP contribution in [0.3, 0.4) is 0 Å². The van der Waals surface area contributed by atoms with Crippen molar-refractivity contribution in [3.05, 3.63) is 102 Å². The maximum absolute atomic E-state index is 13.1. The number of carbonyl (C=O) groups excluding carboxylic acids is 2. The van der Waals surface area contributed by atoms with Crippen LogP contribution in [0, 0.1) is 6.92 Å². The van der Waals surface area contributed by atoms with E-state index in [0.717, 1.165) is 16.5 Å². The first-order valence-corrected chi connectivity index (χ1v) is 11.1. The van der Waals surface area contributed by atoms with Crippen molar-refractivity contribution in [1.82, 2.24) is 0 Å². The predicted molar refractivity (Wildman–Crippen MR) is 131 cm³/mol. The molecule has 1 heterocycles.